The van der Waals surface area contributed by atoms with Crippen molar-refractivity contribution in [3.63, 3.8) is 0 Å². The van der Waals surface area contributed by atoms with Crippen LogP contribution in [0.3, 0.4) is 0 Å². The van der Waals surface area contributed by atoms with Crippen molar-refractivity contribution in [2.75, 3.05) is 0 Å². The molecule has 0 heterocycles. The van der Waals surface area contributed by atoms with E-state index in [1.54, 1.807) is 12.1 Å². The largest absolute Gasteiger partial charge is 0.349 e. The molecule has 0 saturated heterocycles. The van der Waals surface area contributed by atoms with Gasteiger partial charge in [0.2, 0.25) is 0 Å². The van der Waals surface area contributed by atoms with Crippen LogP contribution in [-0.4, -0.2) is 18.2 Å². The molecule has 0 radical (unpaired) electrons. The Kier molecular flexibility index (Phi) is 5.13. The Morgan fingerprint density at radius 3 is 2.53 bits per heavy atom. The van der Waals surface area contributed by atoms with Gasteiger partial charge in [0.05, 0.1) is 0 Å². The van der Waals surface area contributed by atoms with Gasteiger partial charge in [0.15, 0.2) is 0 Å². The SMILES string of the molecule is O=CCC(NC(=O)c1ccccc1)C1CCCCC1. The highest BCUT2D eigenvalue weighted by Gasteiger charge is 2.24. The second-order valence-electron chi connectivity index (χ2n) is 5.25. The standard InChI is InChI=1S/C16H21NO2/c18-12-11-15(13-7-3-1-4-8-13)17-16(19)14-9-5-2-6-10-14/h2,5-6,9-10,12-13,15H,1,3-4,7-8,11H2,(H,17,19). The van der Waals surface area contributed by atoms with E-state index < -0.39 is 0 Å². The van der Waals surface area contributed by atoms with Gasteiger partial charge >= 0.3 is 0 Å². The zero-order valence-electron chi connectivity index (χ0n) is 11.2. The number of hydrogen-bond donors (Lipinski definition) is 1. The molecular formula is C16H21NO2. The van der Waals surface area contributed by atoms with Crippen molar-refractivity contribution in [2.45, 2.75) is 44.6 Å². The van der Waals surface area contributed by atoms with Gasteiger partial charge in [-0.2, -0.15) is 0 Å². The van der Waals surface area contributed by atoms with Crippen LogP contribution in [0.1, 0.15) is 48.9 Å². The van der Waals surface area contributed by atoms with E-state index >= 15 is 0 Å². The van der Waals surface area contributed by atoms with Gasteiger partial charge in [-0.05, 0) is 30.9 Å². The zero-order chi connectivity index (χ0) is 13.5. The van der Waals surface area contributed by atoms with Crippen LogP contribution in [0.15, 0.2) is 30.3 Å². The molecule has 1 aromatic carbocycles. The summed E-state index contributed by atoms with van der Waals surface area (Å²) in [6.45, 7) is 0. The molecule has 3 nitrogen and oxygen atoms in total. The molecule has 1 amide bonds. The average molecular weight is 259 g/mol. The van der Waals surface area contributed by atoms with Crippen LogP contribution < -0.4 is 5.32 Å². The topological polar surface area (TPSA) is 46.2 Å². The third-order valence-corrected chi connectivity index (χ3v) is 3.92. The lowest BCUT2D eigenvalue weighted by atomic mass is 9.82. The van der Waals surface area contributed by atoms with Crippen molar-refractivity contribution in [2.24, 2.45) is 5.92 Å². The van der Waals surface area contributed by atoms with E-state index in [4.69, 9.17) is 0 Å². The number of amides is 1. The van der Waals surface area contributed by atoms with E-state index in [2.05, 4.69) is 5.32 Å². The van der Waals surface area contributed by atoms with Gasteiger partial charge in [0.25, 0.3) is 5.91 Å². The van der Waals surface area contributed by atoms with Gasteiger partial charge in [-0.25, -0.2) is 0 Å². The molecule has 1 atom stereocenters. The molecule has 1 fully saturated rings. The van der Waals surface area contributed by atoms with E-state index in [1.807, 2.05) is 18.2 Å². The molecule has 1 saturated carbocycles. The third-order valence-electron chi connectivity index (χ3n) is 3.92. The Morgan fingerprint density at radius 2 is 1.89 bits per heavy atom. The minimum Gasteiger partial charge on any atom is -0.349 e. The number of rotatable bonds is 5. The fourth-order valence-corrected chi connectivity index (χ4v) is 2.85. The monoisotopic (exact) mass is 259 g/mol. The van der Waals surface area contributed by atoms with E-state index in [0.29, 0.717) is 17.9 Å². The molecule has 3 heteroatoms. The van der Waals surface area contributed by atoms with E-state index in [-0.39, 0.29) is 11.9 Å². The van der Waals surface area contributed by atoms with Gasteiger partial charge < -0.3 is 10.1 Å². The summed E-state index contributed by atoms with van der Waals surface area (Å²) in [7, 11) is 0. The normalized spacial score (nSPS) is 17.7. The number of hydrogen-bond acceptors (Lipinski definition) is 2. The molecule has 19 heavy (non-hydrogen) atoms. The van der Waals surface area contributed by atoms with Gasteiger partial charge in [0, 0.05) is 18.0 Å². The maximum Gasteiger partial charge on any atom is 0.251 e. The van der Waals surface area contributed by atoms with Crippen molar-refractivity contribution < 1.29 is 9.59 Å². The highest BCUT2D eigenvalue weighted by Crippen LogP contribution is 2.27. The van der Waals surface area contributed by atoms with Gasteiger partial charge in [-0.15, -0.1) is 0 Å². The van der Waals surface area contributed by atoms with Gasteiger partial charge in [0.1, 0.15) is 6.29 Å². The van der Waals surface area contributed by atoms with Crippen molar-refractivity contribution in [3.05, 3.63) is 35.9 Å². The Labute approximate surface area is 114 Å². The van der Waals surface area contributed by atoms with Crippen molar-refractivity contribution in [3.8, 4) is 0 Å². The Morgan fingerprint density at radius 1 is 1.21 bits per heavy atom. The lowest BCUT2D eigenvalue weighted by Crippen LogP contribution is -2.41. The number of nitrogens with one attached hydrogen (secondary N) is 1. The first-order valence-corrected chi connectivity index (χ1v) is 7.11. The average Bonchev–Trinajstić information content (AvgIpc) is 2.48. The predicted octanol–water partition coefficient (Wildman–Crippen LogP) is 2.95. The van der Waals surface area contributed by atoms with Crippen LogP contribution in [-0.2, 0) is 4.79 Å². The number of aldehydes is 1. The molecule has 1 aromatic rings. The second-order valence-corrected chi connectivity index (χ2v) is 5.25. The molecule has 1 aliphatic carbocycles. The second kappa shape index (κ2) is 7.07. The minimum absolute atomic E-state index is 0.00879. The van der Waals surface area contributed by atoms with Crippen LogP contribution in [0.5, 0.6) is 0 Å². The fraction of sp³-hybridized carbons (Fsp3) is 0.500. The lowest BCUT2D eigenvalue weighted by Gasteiger charge is -2.29. The van der Waals surface area contributed by atoms with Crippen molar-refractivity contribution in [1.82, 2.24) is 5.32 Å². The van der Waals surface area contributed by atoms with Crippen molar-refractivity contribution in [1.29, 1.82) is 0 Å². The lowest BCUT2D eigenvalue weighted by molar-refractivity contribution is -0.108. The van der Waals surface area contributed by atoms with Crippen LogP contribution in [0.4, 0.5) is 0 Å². The predicted molar refractivity (Wildman–Crippen MR) is 75.0 cm³/mol. The minimum atomic E-state index is -0.0713. The summed E-state index contributed by atoms with van der Waals surface area (Å²) in [5.41, 5.74) is 0.661. The Hall–Kier alpha value is -1.64. The molecule has 1 N–H and O–H groups in total. The first-order valence-electron chi connectivity index (χ1n) is 7.11. The first-order chi connectivity index (χ1) is 9.31. The Bertz CT molecular complexity index is 410. The number of carbonyl (C=O) groups excluding carboxylic acids is 2. The molecule has 0 spiro atoms. The first kappa shape index (κ1) is 13.8. The summed E-state index contributed by atoms with van der Waals surface area (Å²) in [4.78, 5) is 23.0. The summed E-state index contributed by atoms with van der Waals surface area (Å²) < 4.78 is 0. The molecule has 1 unspecified atom stereocenters. The summed E-state index contributed by atoms with van der Waals surface area (Å²) in [6, 6.07) is 9.18. The van der Waals surface area contributed by atoms with Crippen molar-refractivity contribution >= 4 is 12.2 Å². The molecule has 1 aliphatic rings. The highest BCUT2D eigenvalue weighted by molar-refractivity contribution is 5.94. The summed E-state index contributed by atoms with van der Waals surface area (Å²) in [5, 5.41) is 3.03. The van der Waals surface area contributed by atoms with Gasteiger partial charge in [-0.1, -0.05) is 37.5 Å². The number of benzene rings is 1. The van der Waals surface area contributed by atoms with E-state index in [9.17, 15) is 9.59 Å². The summed E-state index contributed by atoms with van der Waals surface area (Å²) in [6.07, 6.45) is 7.27. The van der Waals surface area contributed by atoms with E-state index in [1.165, 1.54) is 19.3 Å². The zero-order valence-corrected chi connectivity index (χ0v) is 11.2. The number of carbonyl (C=O) groups is 2. The van der Waals surface area contributed by atoms with Crippen LogP contribution >= 0.6 is 0 Å². The van der Waals surface area contributed by atoms with Crippen LogP contribution in [0.2, 0.25) is 0 Å². The summed E-state index contributed by atoms with van der Waals surface area (Å²) in [5.74, 6) is 0.379. The highest BCUT2D eigenvalue weighted by atomic mass is 16.1. The molecule has 102 valence electrons. The van der Waals surface area contributed by atoms with Crippen LogP contribution in [0.25, 0.3) is 0 Å². The summed E-state index contributed by atoms with van der Waals surface area (Å²) >= 11 is 0. The maximum atomic E-state index is 12.1. The molecule has 0 aromatic heterocycles. The smallest absolute Gasteiger partial charge is 0.251 e. The van der Waals surface area contributed by atoms with Gasteiger partial charge in [-0.3, -0.25) is 4.79 Å². The molecular weight excluding hydrogens is 238 g/mol. The molecule has 0 bridgehead atoms. The van der Waals surface area contributed by atoms with Crippen LogP contribution in [0, 0.1) is 5.92 Å². The van der Waals surface area contributed by atoms with E-state index in [0.717, 1.165) is 19.1 Å². The third kappa shape index (κ3) is 3.91. The quantitative estimate of drug-likeness (QED) is 0.826. The Balaban J connectivity index is 1.99. The molecule has 0 aliphatic heterocycles. The maximum absolute atomic E-state index is 12.1. The fourth-order valence-electron chi connectivity index (χ4n) is 2.85. The molecule has 2 rings (SSSR count).